The number of carbonyl (C=O) groups excluding carboxylic acids is 1. The molecule has 2 aromatic carbocycles. The molecule has 0 spiro atoms. The first-order valence-electron chi connectivity index (χ1n) is 10.3. The van der Waals surface area contributed by atoms with E-state index in [0.29, 0.717) is 6.04 Å². The van der Waals surface area contributed by atoms with Crippen LogP contribution in [0.1, 0.15) is 44.7 Å². The number of rotatable bonds is 4. The quantitative estimate of drug-likeness (QED) is 0.605. The Balaban J connectivity index is 1.65. The van der Waals surface area contributed by atoms with Gasteiger partial charge in [0.2, 0.25) is 5.91 Å². The number of anilines is 1. The summed E-state index contributed by atoms with van der Waals surface area (Å²) in [6.07, 6.45) is 8.24. The van der Waals surface area contributed by atoms with Crippen molar-refractivity contribution in [1.29, 1.82) is 0 Å². The second-order valence-corrected chi connectivity index (χ2v) is 8.07. The van der Waals surface area contributed by atoms with E-state index in [0.717, 1.165) is 46.7 Å². The molecule has 1 aliphatic heterocycles. The van der Waals surface area contributed by atoms with Crippen molar-refractivity contribution >= 4 is 11.6 Å². The van der Waals surface area contributed by atoms with Gasteiger partial charge in [-0.2, -0.15) is 5.10 Å². The molecule has 1 atom stereocenters. The molecule has 2 aliphatic rings. The smallest absolute Gasteiger partial charge is 0.224 e. The van der Waals surface area contributed by atoms with Gasteiger partial charge in [0.1, 0.15) is 11.5 Å². The van der Waals surface area contributed by atoms with Gasteiger partial charge in [0.25, 0.3) is 0 Å². The Bertz CT molecular complexity index is 1050. The molecule has 1 aromatic heterocycles. The molecule has 148 valence electrons. The van der Waals surface area contributed by atoms with Gasteiger partial charge < -0.3 is 9.64 Å². The number of hydrogen-bond acceptors (Lipinski definition) is 3. The van der Waals surface area contributed by atoms with Gasteiger partial charge in [-0.05, 0) is 56.9 Å². The minimum atomic E-state index is 0.0680. The number of ether oxygens (including phenoxy) is 1. The maximum atomic E-state index is 12.4. The highest BCUT2D eigenvalue weighted by Crippen LogP contribution is 2.45. The van der Waals surface area contributed by atoms with Gasteiger partial charge in [-0.1, -0.05) is 18.2 Å². The molecule has 0 saturated heterocycles. The predicted octanol–water partition coefficient (Wildman–Crippen LogP) is 5.36. The van der Waals surface area contributed by atoms with Crippen molar-refractivity contribution in [1.82, 2.24) is 9.78 Å². The molecule has 1 aliphatic carbocycles. The standard InChI is InChI=1S/C24H25N3O2/c1-16-8-11-22-23(27(16)17(2)28)13-12-21(18-14-25-26(15-18)19-9-10-19)24(22)29-20-6-4-3-5-7-20/h3-7,12-16,19H,8-11H2,1-2H3. The summed E-state index contributed by atoms with van der Waals surface area (Å²) < 4.78 is 8.50. The van der Waals surface area contributed by atoms with Crippen molar-refractivity contribution in [2.75, 3.05) is 4.90 Å². The molecule has 2 heterocycles. The normalized spacial score (nSPS) is 18.4. The van der Waals surface area contributed by atoms with Crippen LogP contribution in [0.2, 0.25) is 0 Å². The third-order valence-electron chi connectivity index (χ3n) is 5.88. The van der Waals surface area contributed by atoms with E-state index in [9.17, 15) is 4.79 Å². The number of amides is 1. The zero-order valence-electron chi connectivity index (χ0n) is 16.8. The zero-order valence-corrected chi connectivity index (χ0v) is 16.8. The maximum Gasteiger partial charge on any atom is 0.224 e. The summed E-state index contributed by atoms with van der Waals surface area (Å²) in [6, 6.07) is 14.7. The molecule has 1 unspecified atom stereocenters. The zero-order chi connectivity index (χ0) is 20.0. The fraction of sp³-hybridized carbons (Fsp3) is 0.333. The van der Waals surface area contributed by atoms with Crippen molar-refractivity contribution < 1.29 is 9.53 Å². The summed E-state index contributed by atoms with van der Waals surface area (Å²) in [4.78, 5) is 14.3. The number of fused-ring (bicyclic) bond motifs is 1. The van der Waals surface area contributed by atoms with E-state index in [1.165, 1.54) is 12.8 Å². The van der Waals surface area contributed by atoms with Crippen molar-refractivity contribution in [3.05, 3.63) is 60.4 Å². The van der Waals surface area contributed by atoms with E-state index in [4.69, 9.17) is 4.74 Å². The molecular weight excluding hydrogens is 362 g/mol. The van der Waals surface area contributed by atoms with E-state index >= 15 is 0 Å². The van der Waals surface area contributed by atoms with Crippen LogP contribution >= 0.6 is 0 Å². The summed E-state index contributed by atoms with van der Waals surface area (Å²) >= 11 is 0. The van der Waals surface area contributed by atoms with Crippen LogP contribution < -0.4 is 9.64 Å². The van der Waals surface area contributed by atoms with Crippen molar-refractivity contribution in [3.63, 3.8) is 0 Å². The maximum absolute atomic E-state index is 12.4. The molecule has 29 heavy (non-hydrogen) atoms. The first-order valence-corrected chi connectivity index (χ1v) is 10.3. The van der Waals surface area contributed by atoms with Crippen LogP contribution in [0.4, 0.5) is 5.69 Å². The monoisotopic (exact) mass is 387 g/mol. The summed E-state index contributed by atoms with van der Waals surface area (Å²) in [5.41, 5.74) is 4.13. The SMILES string of the molecule is CC(=O)N1c2ccc(-c3cnn(C4CC4)c3)c(Oc3ccccc3)c2CCC1C. The van der Waals surface area contributed by atoms with Crippen LogP contribution in [-0.4, -0.2) is 21.7 Å². The van der Waals surface area contributed by atoms with Crippen molar-refractivity contribution in [2.45, 2.75) is 51.6 Å². The van der Waals surface area contributed by atoms with Gasteiger partial charge in [0.05, 0.1) is 17.9 Å². The highest BCUT2D eigenvalue weighted by molar-refractivity contribution is 5.95. The van der Waals surface area contributed by atoms with Crippen LogP contribution in [0.5, 0.6) is 11.5 Å². The lowest BCUT2D eigenvalue weighted by Crippen LogP contribution is -2.40. The molecule has 1 fully saturated rings. The Morgan fingerprint density at radius 3 is 2.62 bits per heavy atom. The van der Waals surface area contributed by atoms with Crippen LogP contribution in [0, 0.1) is 0 Å². The minimum absolute atomic E-state index is 0.0680. The van der Waals surface area contributed by atoms with E-state index in [-0.39, 0.29) is 11.9 Å². The molecule has 3 aromatic rings. The first kappa shape index (κ1) is 18.0. The van der Waals surface area contributed by atoms with Gasteiger partial charge in [-0.15, -0.1) is 0 Å². The van der Waals surface area contributed by atoms with E-state index in [1.807, 2.05) is 41.4 Å². The minimum Gasteiger partial charge on any atom is -0.456 e. The lowest BCUT2D eigenvalue weighted by atomic mass is 9.92. The second-order valence-electron chi connectivity index (χ2n) is 8.07. The molecule has 0 N–H and O–H groups in total. The fourth-order valence-electron chi connectivity index (χ4n) is 4.25. The average molecular weight is 387 g/mol. The molecule has 5 heteroatoms. The highest BCUT2D eigenvalue weighted by Gasteiger charge is 2.31. The second kappa shape index (κ2) is 7.07. The van der Waals surface area contributed by atoms with Crippen molar-refractivity contribution in [3.8, 4) is 22.6 Å². The Morgan fingerprint density at radius 1 is 1.10 bits per heavy atom. The fourth-order valence-corrected chi connectivity index (χ4v) is 4.25. The third kappa shape index (κ3) is 3.31. The van der Waals surface area contributed by atoms with Crippen molar-refractivity contribution in [2.24, 2.45) is 0 Å². The Morgan fingerprint density at radius 2 is 1.90 bits per heavy atom. The number of carbonyl (C=O) groups is 1. The van der Waals surface area contributed by atoms with Crippen LogP contribution in [0.3, 0.4) is 0 Å². The number of hydrogen-bond donors (Lipinski definition) is 0. The lowest BCUT2D eigenvalue weighted by Gasteiger charge is -2.36. The molecule has 1 amide bonds. The average Bonchev–Trinajstić information content (AvgIpc) is 3.46. The number of nitrogens with zero attached hydrogens (tertiary/aromatic N) is 3. The van der Waals surface area contributed by atoms with E-state index < -0.39 is 0 Å². The van der Waals surface area contributed by atoms with Gasteiger partial charge in [-0.3, -0.25) is 9.48 Å². The van der Waals surface area contributed by atoms with Gasteiger partial charge in [-0.25, -0.2) is 0 Å². The third-order valence-corrected chi connectivity index (χ3v) is 5.88. The van der Waals surface area contributed by atoms with Crippen LogP contribution in [0.25, 0.3) is 11.1 Å². The summed E-state index contributed by atoms with van der Waals surface area (Å²) in [7, 11) is 0. The van der Waals surface area contributed by atoms with E-state index in [2.05, 4.69) is 35.0 Å². The summed E-state index contributed by atoms with van der Waals surface area (Å²) in [5.74, 6) is 1.70. The van der Waals surface area contributed by atoms with Gasteiger partial charge >= 0.3 is 0 Å². The molecule has 5 nitrogen and oxygen atoms in total. The van der Waals surface area contributed by atoms with Gasteiger partial charge in [0.15, 0.2) is 0 Å². The lowest BCUT2D eigenvalue weighted by molar-refractivity contribution is -0.117. The topological polar surface area (TPSA) is 47.4 Å². The molecule has 1 saturated carbocycles. The van der Waals surface area contributed by atoms with E-state index in [1.54, 1.807) is 6.92 Å². The molecule has 0 bridgehead atoms. The Labute approximate surface area is 170 Å². The van der Waals surface area contributed by atoms with Crippen LogP contribution in [-0.2, 0) is 11.2 Å². The van der Waals surface area contributed by atoms with Crippen LogP contribution in [0.15, 0.2) is 54.9 Å². The van der Waals surface area contributed by atoms with Gasteiger partial charge in [0, 0.05) is 35.9 Å². The molecule has 5 rings (SSSR count). The largest absolute Gasteiger partial charge is 0.456 e. The first-order chi connectivity index (χ1) is 14.1. The number of para-hydroxylation sites is 1. The Kier molecular flexibility index (Phi) is 4.38. The predicted molar refractivity (Wildman–Crippen MR) is 113 cm³/mol. The Hall–Kier alpha value is -3.08. The molecule has 0 radical (unpaired) electrons. The summed E-state index contributed by atoms with van der Waals surface area (Å²) in [5, 5.41) is 4.57. The molecular formula is C24H25N3O2. The highest BCUT2D eigenvalue weighted by atomic mass is 16.5. The number of benzene rings is 2. The number of aromatic nitrogens is 2. The summed E-state index contributed by atoms with van der Waals surface area (Å²) in [6.45, 7) is 3.74.